The summed E-state index contributed by atoms with van der Waals surface area (Å²) in [5.41, 5.74) is 6.22. The minimum atomic E-state index is -0.267. The van der Waals surface area contributed by atoms with Crippen molar-refractivity contribution in [2.75, 3.05) is 4.90 Å². The summed E-state index contributed by atoms with van der Waals surface area (Å²) >= 11 is 1.68. The molecule has 35 heavy (non-hydrogen) atoms. The predicted molar refractivity (Wildman–Crippen MR) is 141 cm³/mol. The molecule has 1 atom stereocenters. The van der Waals surface area contributed by atoms with Crippen LogP contribution in [-0.2, 0) is 24.3 Å². The SMILES string of the molecule is CC(C)c1ccc(N(Cc2cnn(Cc3ccsc3)c2)C(=O)C2CCCc3c(O)cccc32)cc1. The van der Waals surface area contributed by atoms with Crippen LogP contribution in [0.1, 0.15) is 66.3 Å². The summed E-state index contributed by atoms with van der Waals surface area (Å²) in [5, 5.41) is 19.1. The molecule has 4 aromatic rings. The van der Waals surface area contributed by atoms with Crippen LogP contribution in [0.4, 0.5) is 5.69 Å². The third-order valence-corrected chi connectivity index (χ3v) is 7.60. The largest absolute Gasteiger partial charge is 0.508 e. The zero-order chi connectivity index (χ0) is 24.4. The van der Waals surface area contributed by atoms with Gasteiger partial charge >= 0.3 is 0 Å². The van der Waals surface area contributed by atoms with Gasteiger partial charge in [-0.1, -0.05) is 38.1 Å². The number of benzene rings is 2. The first-order chi connectivity index (χ1) is 17.0. The third-order valence-electron chi connectivity index (χ3n) is 6.87. The number of aromatic nitrogens is 2. The summed E-state index contributed by atoms with van der Waals surface area (Å²) in [6.07, 6.45) is 6.37. The van der Waals surface area contributed by atoms with Crippen LogP contribution in [0.2, 0.25) is 0 Å². The first-order valence-electron chi connectivity index (χ1n) is 12.2. The molecule has 180 valence electrons. The molecule has 0 saturated heterocycles. The monoisotopic (exact) mass is 485 g/mol. The maximum atomic E-state index is 14.1. The van der Waals surface area contributed by atoms with Crippen LogP contribution in [0.15, 0.2) is 71.7 Å². The Kier molecular flexibility index (Phi) is 6.73. The Labute approximate surface area is 210 Å². The van der Waals surface area contributed by atoms with Crippen molar-refractivity contribution in [3.8, 4) is 5.75 Å². The highest BCUT2D eigenvalue weighted by Gasteiger charge is 2.32. The third kappa shape index (κ3) is 5.03. The lowest BCUT2D eigenvalue weighted by Crippen LogP contribution is -2.36. The highest BCUT2D eigenvalue weighted by Crippen LogP contribution is 2.38. The van der Waals surface area contributed by atoms with Crippen molar-refractivity contribution in [3.63, 3.8) is 0 Å². The second-order valence-corrected chi connectivity index (χ2v) is 10.4. The van der Waals surface area contributed by atoms with Gasteiger partial charge in [0.1, 0.15) is 5.75 Å². The maximum Gasteiger partial charge on any atom is 0.234 e. The van der Waals surface area contributed by atoms with Gasteiger partial charge in [-0.05, 0) is 82.5 Å². The molecule has 2 aromatic heterocycles. The molecule has 1 aliphatic rings. The number of hydrogen-bond donors (Lipinski definition) is 1. The van der Waals surface area contributed by atoms with E-state index >= 15 is 0 Å². The number of phenolic OH excluding ortho intramolecular Hbond substituents is 1. The summed E-state index contributed by atoms with van der Waals surface area (Å²) in [7, 11) is 0. The molecule has 0 aliphatic heterocycles. The molecule has 0 spiro atoms. The van der Waals surface area contributed by atoms with Crippen LogP contribution < -0.4 is 4.90 Å². The Morgan fingerprint density at radius 2 is 2.00 bits per heavy atom. The van der Waals surface area contributed by atoms with E-state index in [2.05, 4.69) is 60.0 Å². The Morgan fingerprint density at radius 3 is 2.74 bits per heavy atom. The van der Waals surface area contributed by atoms with Gasteiger partial charge < -0.3 is 10.0 Å². The van der Waals surface area contributed by atoms with E-state index < -0.39 is 0 Å². The Bertz CT molecular complexity index is 1290. The van der Waals surface area contributed by atoms with E-state index in [9.17, 15) is 9.90 Å². The molecule has 5 rings (SSSR count). The van der Waals surface area contributed by atoms with Crippen molar-refractivity contribution in [2.45, 2.75) is 58.0 Å². The van der Waals surface area contributed by atoms with Crippen LogP contribution >= 0.6 is 11.3 Å². The van der Waals surface area contributed by atoms with Crippen molar-refractivity contribution in [2.24, 2.45) is 0 Å². The smallest absolute Gasteiger partial charge is 0.234 e. The molecule has 0 radical (unpaired) electrons. The normalized spacial score (nSPS) is 15.2. The van der Waals surface area contributed by atoms with Crippen molar-refractivity contribution >= 4 is 22.9 Å². The fourth-order valence-corrected chi connectivity index (χ4v) is 5.60. The number of phenols is 1. The first kappa shape index (κ1) is 23.4. The number of amides is 1. The summed E-state index contributed by atoms with van der Waals surface area (Å²) < 4.78 is 1.93. The van der Waals surface area contributed by atoms with E-state index in [1.165, 1.54) is 11.1 Å². The lowest BCUT2D eigenvalue weighted by molar-refractivity contribution is -0.120. The number of rotatable bonds is 7. The molecule has 1 amide bonds. The van der Waals surface area contributed by atoms with Crippen LogP contribution in [-0.4, -0.2) is 20.8 Å². The van der Waals surface area contributed by atoms with E-state index in [0.29, 0.717) is 18.2 Å². The highest BCUT2D eigenvalue weighted by molar-refractivity contribution is 7.07. The standard InChI is InChI=1S/C29H31N3O2S/c1-20(2)23-9-11-24(12-10-23)32(18-22-15-30-31(17-22)16-21-13-14-35-19-21)29(34)27-7-3-6-26-25(27)5-4-8-28(26)33/h4-5,8-15,17,19-20,27,33H,3,6-7,16,18H2,1-2H3. The molecular weight excluding hydrogens is 454 g/mol. The van der Waals surface area contributed by atoms with Gasteiger partial charge in [-0.2, -0.15) is 16.4 Å². The van der Waals surface area contributed by atoms with Crippen molar-refractivity contribution < 1.29 is 9.90 Å². The predicted octanol–water partition coefficient (Wildman–Crippen LogP) is 6.48. The van der Waals surface area contributed by atoms with Gasteiger partial charge in [0.15, 0.2) is 0 Å². The van der Waals surface area contributed by atoms with Gasteiger partial charge in [0, 0.05) is 17.4 Å². The molecule has 1 aliphatic carbocycles. The molecule has 0 saturated carbocycles. The Hall–Kier alpha value is -3.38. The number of thiophene rings is 1. The molecule has 0 bridgehead atoms. The Morgan fingerprint density at radius 1 is 1.17 bits per heavy atom. The minimum Gasteiger partial charge on any atom is -0.508 e. The molecule has 6 heteroatoms. The maximum absolute atomic E-state index is 14.1. The fraction of sp³-hybridized carbons (Fsp3) is 0.310. The van der Waals surface area contributed by atoms with E-state index in [-0.39, 0.29) is 11.8 Å². The minimum absolute atomic E-state index is 0.0689. The van der Waals surface area contributed by atoms with Crippen LogP contribution in [0.25, 0.3) is 0 Å². The fourth-order valence-electron chi connectivity index (χ4n) is 4.94. The number of aromatic hydroxyl groups is 1. The average molecular weight is 486 g/mol. The molecular formula is C29H31N3O2S. The molecule has 0 fully saturated rings. The summed E-state index contributed by atoms with van der Waals surface area (Å²) in [6.45, 7) is 5.51. The molecule has 2 aromatic carbocycles. The number of carbonyl (C=O) groups excluding carboxylic acids is 1. The summed E-state index contributed by atoms with van der Waals surface area (Å²) in [4.78, 5) is 16.0. The average Bonchev–Trinajstić information content (AvgIpc) is 3.54. The molecule has 1 N–H and O–H groups in total. The van der Waals surface area contributed by atoms with Crippen molar-refractivity contribution in [1.82, 2.24) is 9.78 Å². The van der Waals surface area contributed by atoms with E-state index in [1.807, 2.05) is 34.1 Å². The zero-order valence-electron chi connectivity index (χ0n) is 20.2. The lowest BCUT2D eigenvalue weighted by Gasteiger charge is -2.31. The van der Waals surface area contributed by atoms with Crippen LogP contribution in [0.5, 0.6) is 5.75 Å². The second kappa shape index (κ2) is 10.1. The zero-order valence-corrected chi connectivity index (χ0v) is 21.0. The Balaban J connectivity index is 1.46. The van der Waals surface area contributed by atoms with E-state index in [4.69, 9.17) is 0 Å². The van der Waals surface area contributed by atoms with Gasteiger partial charge in [0.25, 0.3) is 0 Å². The number of anilines is 1. The second-order valence-electron chi connectivity index (χ2n) is 9.64. The molecule has 2 heterocycles. The van der Waals surface area contributed by atoms with Gasteiger partial charge in [-0.25, -0.2) is 0 Å². The van der Waals surface area contributed by atoms with Crippen LogP contribution in [0.3, 0.4) is 0 Å². The molecule has 5 nitrogen and oxygen atoms in total. The number of carbonyl (C=O) groups is 1. The lowest BCUT2D eigenvalue weighted by atomic mass is 9.81. The number of fused-ring (bicyclic) bond motifs is 1. The van der Waals surface area contributed by atoms with Gasteiger partial charge in [-0.3, -0.25) is 9.48 Å². The summed E-state index contributed by atoms with van der Waals surface area (Å²) in [6, 6.07) is 16.0. The first-order valence-corrected chi connectivity index (χ1v) is 13.2. The quantitative estimate of drug-likeness (QED) is 0.326. The number of hydrogen-bond acceptors (Lipinski definition) is 4. The van der Waals surface area contributed by atoms with Crippen molar-refractivity contribution in [3.05, 3.63) is 99.5 Å². The topological polar surface area (TPSA) is 58.4 Å². The van der Waals surface area contributed by atoms with Gasteiger partial charge in [-0.15, -0.1) is 0 Å². The van der Waals surface area contributed by atoms with E-state index in [1.54, 1.807) is 17.4 Å². The van der Waals surface area contributed by atoms with Gasteiger partial charge in [0.05, 0.1) is 25.2 Å². The van der Waals surface area contributed by atoms with E-state index in [0.717, 1.165) is 48.2 Å². The van der Waals surface area contributed by atoms with Crippen LogP contribution in [0, 0.1) is 0 Å². The van der Waals surface area contributed by atoms with Gasteiger partial charge in [0.2, 0.25) is 5.91 Å². The molecule has 1 unspecified atom stereocenters. The van der Waals surface area contributed by atoms with Crippen molar-refractivity contribution in [1.29, 1.82) is 0 Å². The number of nitrogens with zero attached hydrogens (tertiary/aromatic N) is 3. The highest BCUT2D eigenvalue weighted by atomic mass is 32.1. The summed E-state index contributed by atoms with van der Waals surface area (Å²) in [5.74, 6) is 0.523.